The van der Waals surface area contributed by atoms with E-state index in [0.29, 0.717) is 0 Å². The third-order valence-corrected chi connectivity index (χ3v) is 2.64. The van der Waals surface area contributed by atoms with Crippen LogP contribution in [0.2, 0.25) is 0 Å². The third-order valence-electron chi connectivity index (χ3n) is 1.53. The van der Waals surface area contributed by atoms with Crippen molar-refractivity contribution in [1.29, 1.82) is 0 Å². The summed E-state index contributed by atoms with van der Waals surface area (Å²) in [4.78, 5) is 11.8. The molecular formula is C8H11NOS. The van der Waals surface area contributed by atoms with E-state index in [-0.39, 0.29) is 5.78 Å². The summed E-state index contributed by atoms with van der Waals surface area (Å²) in [5.41, 5.74) is 6.63. The maximum Gasteiger partial charge on any atom is 0.170 e. The number of aryl methyl sites for hydroxylation is 1. The van der Waals surface area contributed by atoms with Crippen LogP contribution >= 0.6 is 11.3 Å². The Morgan fingerprint density at radius 1 is 1.73 bits per heavy atom. The number of thiophene rings is 1. The molecule has 1 heterocycles. The Morgan fingerprint density at radius 2 is 2.36 bits per heavy atom. The predicted molar refractivity (Wildman–Crippen MR) is 48.1 cm³/mol. The number of nitrogens with two attached hydrogens (primary N) is 1. The van der Waals surface area contributed by atoms with Crippen LogP contribution < -0.4 is 5.73 Å². The molecule has 0 saturated carbocycles. The highest BCUT2D eigenvalue weighted by Crippen LogP contribution is 2.24. The lowest BCUT2D eigenvalue weighted by Crippen LogP contribution is -1.91. The minimum atomic E-state index is 0.114. The van der Waals surface area contributed by atoms with Crippen molar-refractivity contribution in [3.8, 4) is 0 Å². The summed E-state index contributed by atoms with van der Waals surface area (Å²) in [6.45, 7) is 3.60. The quantitative estimate of drug-likeness (QED) is 0.689. The van der Waals surface area contributed by atoms with Crippen molar-refractivity contribution in [2.24, 2.45) is 0 Å². The summed E-state index contributed by atoms with van der Waals surface area (Å²) < 4.78 is 0. The lowest BCUT2D eigenvalue weighted by molar-refractivity contribution is 0.102. The van der Waals surface area contributed by atoms with Crippen molar-refractivity contribution in [3.63, 3.8) is 0 Å². The van der Waals surface area contributed by atoms with Crippen LogP contribution in [0.5, 0.6) is 0 Å². The first-order chi connectivity index (χ1) is 5.15. The Hall–Kier alpha value is -0.830. The van der Waals surface area contributed by atoms with Gasteiger partial charge in [0.1, 0.15) is 0 Å². The average Bonchev–Trinajstić information content (AvgIpc) is 2.30. The number of carbonyl (C=O) groups excluding carboxylic acids is 1. The van der Waals surface area contributed by atoms with Crippen molar-refractivity contribution >= 4 is 22.1 Å². The van der Waals surface area contributed by atoms with Crippen molar-refractivity contribution in [1.82, 2.24) is 0 Å². The number of Topliss-reactive ketones (excluding diaryl/α,β-unsaturated/α-hetero) is 1. The highest BCUT2D eigenvalue weighted by molar-refractivity contribution is 7.17. The van der Waals surface area contributed by atoms with Gasteiger partial charge in [0.15, 0.2) is 5.78 Å². The molecule has 60 valence electrons. The fourth-order valence-corrected chi connectivity index (χ4v) is 1.93. The Bertz CT molecular complexity index is 278. The number of anilines is 1. The maximum absolute atomic E-state index is 11.0. The molecule has 0 spiro atoms. The van der Waals surface area contributed by atoms with Crippen LogP contribution in [-0.2, 0) is 6.42 Å². The van der Waals surface area contributed by atoms with E-state index in [0.717, 1.165) is 21.9 Å². The fourth-order valence-electron chi connectivity index (χ4n) is 1.01. The molecule has 0 aliphatic rings. The first-order valence-corrected chi connectivity index (χ1v) is 4.36. The van der Waals surface area contributed by atoms with Gasteiger partial charge < -0.3 is 5.73 Å². The van der Waals surface area contributed by atoms with Crippen LogP contribution in [0, 0.1) is 0 Å². The van der Waals surface area contributed by atoms with E-state index in [1.54, 1.807) is 6.92 Å². The molecule has 0 aromatic carbocycles. The molecule has 0 bridgehead atoms. The van der Waals surface area contributed by atoms with Crippen molar-refractivity contribution in [2.75, 3.05) is 5.73 Å². The molecule has 2 N–H and O–H groups in total. The second kappa shape index (κ2) is 3.05. The molecule has 0 aliphatic heterocycles. The average molecular weight is 169 g/mol. The molecular weight excluding hydrogens is 158 g/mol. The standard InChI is InChI=1S/C8H11NOS/c1-3-6-4-7(9)11-8(6)5(2)10/h4H,3,9H2,1-2H3. The molecule has 0 saturated heterocycles. The van der Waals surface area contributed by atoms with E-state index in [2.05, 4.69) is 0 Å². The van der Waals surface area contributed by atoms with Crippen LogP contribution in [0.3, 0.4) is 0 Å². The Morgan fingerprint density at radius 3 is 2.73 bits per heavy atom. The summed E-state index contributed by atoms with van der Waals surface area (Å²) in [5.74, 6) is 0.114. The highest BCUT2D eigenvalue weighted by Gasteiger charge is 2.08. The van der Waals surface area contributed by atoms with E-state index in [4.69, 9.17) is 5.73 Å². The molecule has 0 unspecified atom stereocenters. The molecule has 1 aromatic rings. The molecule has 0 fully saturated rings. The molecule has 1 rings (SSSR count). The monoisotopic (exact) mass is 169 g/mol. The largest absolute Gasteiger partial charge is 0.391 e. The SMILES string of the molecule is CCc1cc(N)sc1C(C)=O. The number of rotatable bonds is 2. The van der Waals surface area contributed by atoms with Gasteiger partial charge in [0.25, 0.3) is 0 Å². The molecule has 11 heavy (non-hydrogen) atoms. The van der Waals surface area contributed by atoms with E-state index in [1.807, 2.05) is 13.0 Å². The fraction of sp³-hybridized carbons (Fsp3) is 0.375. The van der Waals surface area contributed by atoms with Crippen LogP contribution in [0.1, 0.15) is 29.1 Å². The Labute approximate surface area is 70.0 Å². The first-order valence-electron chi connectivity index (χ1n) is 3.54. The van der Waals surface area contributed by atoms with Crippen molar-refractivity contribution < 1.29 is 4.79 Å². The third kappa shape index (κ3) is 1.60. The number of nitrogen functional groups attached to an aromatic ring is 1. The van der Waals surface area contributed by atoms with Crippen LogP contribution in [-0.4, -0.2) is 5.78 Å². The zero-order chi connectivity index (χ0) is 8.43. The zero-order valence-electron chi connectivity index (χ0n) is 6.68. The number of carbonyl (C=O) groups is 1. The molecule has 0 aliphatic carbocycles. The van der Waals surface area contributed by atoms with E-state index in [9.17, 15) is 4.79 Å². The number of hydrogen-bond donors (Lipinski definition) is 1. The second-order valence-corrected chi connectivity index (χ2v) is 3.50. The molecule has 2 nitrogen and oxygen atoms in total. The lowest BCUT2D eigenvalue weighted by atomic mass is 10.2. The van der Waals surface area contributed by atoms with Gasteiger partial charge in [-0.05, 0) is 25.0 Å². The molecule has 3 heteroatoms. The first kappa shape index (κ1) is 8.27. The summed E-state index contributed by atoms with van der Waals surface area (Å²) in [7, 11) is 0. The van der Waals surface area contributed by atoms with Gasteiger partial charge in [0, 0.05) is 0 Å². The minimum absolute atomic E-state index is 0.114. The smallest absolute Gasteiger partial charge is 0.170 e. The Balaban J connectivity index is 3.12. The van der Waals surface area contributed by atoms with Crippen molar-refractivity contribution in [3.05, 3.63) is 16.5 Å². The molecule has 0 radical (unpaired) electrons. The van der Waals surface area contributed by atoms with Gasteiger partial charge in [0.05, 0.1) is 9.88 Å². The Kier molecular flexibility index (Phi) is 2.29. The highest BCUT2D eigenvalue weighted by atomic mass is 32.1. The van der Waals surface area contributed by atoms with E-state index in [1.165, 1.54) is 11.3 Å². The van der Waals surface area contributed by atoms with Gasteiger partial charge in [-0.3, -0.25) is 4.79 Å². The van der Waals surface area contributed by atoms with Crippen LogP contribution in [0.15, 0.2) is 6.07 Å². The number of hydrogen-bond acceptors (Lipinski definition) is 3. The van der Waals surface area contributed by atoms with Gasteiger partial charge in [-0.25, -0.2) is 0 Å². The molecule has 0 atom stereocenters. The van der Waals surface area contributed by atoms with Gasteiger partial charge >= 0.3 is 0 Å². The van der Waals surface area contributed by atoms with Crippen LogP contribution in [0.4, 0.5) is 5.00 Å². The summed E-state index contributed by atoms with van der Waals surface area (Å²) in [5, 5.41) is 0.729. The predicted octanol–water partition coefficient (Wildman–Crippen LogP) is 2.10. The van der Waals surface area contributed by atoms with Crippen molar-refractivity contribution in [2.45, 2.75) is 20.3 Å². The molecule has 0 amide bonds. The minimum Gasteiger partial charge on any atom is -0.391 e. The summed E-state index contributed by atoms with van der Waals surface area (Å²) in [6.07, 6.45) is 0.878. The lowest BCUT2D eigenvalue weighted by Gasteiger charge is -1.92. The summed E-state index contributed by atoms with van der Waals surface area (Å²) in [6, 6.07) is 1.88. The second-order valence-electron chi connectivity index (χ2n) is 2.41. The molecule has 1 aromatic heterocycles. The van der Waals surface area contributed by atoms with E-state index < -0.39 is 0 Å². The zero-order valence-corrected chi connectivity index (χ0v) is 7.49. The van der Waals surface area contributed by atoms with Gasteiger partial charge in [-0.1, -0.05) is 6.92 Å². The van der Waals surface area contributed by atoms with Crippen LogP contribution in [0.25, 0.3) is 0 Å². The maximum atomic E-state index is 11.0. The van der Waals surface area contributed by atoms with E-state index >= 15 is 0 Å². The van der Waals surface area contributed by atoms with Gasteiger partial charge in [0.2, 0.25) is 0 Å². The normalized spacial score (nSPS) is 10.0. The van der Waals surface area contributed by atoms with Gasteiger partial charge in [-0.15, -0.1) is 11.3 Å². The number of ketones is 1. The van der Waals surface area contributed by atoms with Gasteiger partial charge in [-0.2, -0.15) is 0 Å². The summed E-state index contributed by atoms with van der Waals surface area (Å²) >= 11 is 1.38. The topological polar surface area (TPSA) is 43.1 Å².